The molecule has 35 heavy (non-hydrogen) atoms. The second-order valence-electron chi connectivity index (χ2n) is 8.58. The molecule has 0 aliphatic heterocycles. The monoisotopic (exact) mass is 494 g/mol. The van der Waals surface area contributed by atoms with E-state index >= 15 is 0 Å². The lowest BCUT2D eigenvalue weighted by atomic mass is 10.2. The number of pyridine rings is 1. The number of ether oxygens (including phenoxy) is 1. The Balaban J connectivity index is 1.82. The van der Waals surface area contributed by atoms with Gasteiger partial charge in [0, 0.05) is 29.3 Å². The lowest BCUT2D eigenvalue weighted by Crippen LogP contribution is -2.10. The van der Waals surface area contributed by atoms with E-state index in [1.165, 1.54) is 0 Å². The van der Waals surface area contributed by atoms with Gasteiger partial charge in [-0.2, -0.15) is 0 Å². The van der Waals surface area contributed by atoms with Crippen molar-refractivity contribution in [1.82, 2.24) is 14.5 Å². The third kappa shape index (κ3) is 7.41. The third-order valence-corrected chi connectivity index (χ3v) is 5.67. The number of allylic oxidation sites excluding steroid dienone is 1. The van der Waals surface area contributed by atoms with E-state index in [2.05, 4.69) is 47.2 Å². The molecule has 0 saturated carbocycles. The van der Waals surface area contributed by atoms with Gasteiger partial charge < -0.3 is 20.4 Å². The van der Waals surface area contributed by atoms with Crippen LogP contribution in [-0.2, 0) is 13.0 Å². The third-order valence-electron chi connectivity index (χ3n) is 5.37. The summed E-state index contributed by atoms with van der Waals surface area (Å²) in [4.78, 5) is 13.7. The normalized spacial score (nSPS) is 11.4. The van der Waals surface area contributed by atoms with Gasteiger partial charge in [-0.25, -0.2) is 4.98 Å². The van der Waals surface area contributed by atoms with Gasteiger partial charge in [0.05, 0.1) is 16.9 Å². The molecule has 3 aromatic rings. The minimum atomic E-state index is 0.214. The summed E-state index contributed by atoms with van der Waals surface area (Å²) < 4.78 is 8.07. The fraction of sp³-hybridized carbons (Fsp3) is 0.370. The van der Waals surface area contributed by atoms with Crippen LogP contribution in [0, 0.1) is 0 Å². The summed E-state index contributed by atoms with van der Waals surface area (Å²) in [6.07, 6.45) is 7.10. The van der Waals surface area contributed by atoms with Crippen LogP contribution in [0.15, 0.2) is 59.9 Å². The van der Waals surface area contributed by atoms with E-state index in [1.807, 2.05) is 42.6 Å². The Morgan fingerprint density at radius 2 is 2.14 bits per heavy atom. The van der Waals surface area contributed by atoms with Crippen molar-refractivity contribution in [2.75, 3.05) is 11.9 Å². The Morgan fingerprint density at radius 1 is 1.31 bits per heavy atom. The van der Waals surface area contributed by atoms with Crippen LogP contribution in [0.3, 0.4) is 0 Å². The largest absolute Gasteiger partial charge is 0.486 e. The molecule has 0 bridgehead atoms. The van der Waals surface area contributed by atoms with E-state index in [4.69, 9.17) is 27.1 Å². The highest BCUT2D eigenvalue weighted by atomic mass is 35.5. The molecule has 0 aliphatic rings. The van der Waals surface area contributed by atoms with Crippen LogP contribution in [0.25, 0.3) is 0 Å². The van der Waals surface area contributed by atoms with Gasteiger partial charge in [-0.3, -0.25) is 9.98 Å². The number of imidazole rings is 1. The number of hydrogen-bond donors (Lipinski definition) is 2. The van der Waals surface area contributed by atoms with Gasteiger partial charge in [-0.1, -0.05) is 37.6 Å². The highest BCUT2D eigenvalue weighted by molar-refractivity contribution is 6.32. The number of nitrogens with one attached hydrogen (secondary N) is 1. The number of hydrogen-bond acceptors (Lipinski definition) is 6. The molecule has 0 fully saturated rings. The number of rotatable bonds is 13. The molecule has 0 spiro atoms. The highest BCUT2D eigenvalue weighted by Gasteiger charge is 2.18. The lowest BCUT2D eigenvalue weighted by Gasteiger charge is -2.17. The van der Waals surface area contributed by atoms with Crippen LogP contribution < -0.4 is 15.8 Å². The maximum atomic E-state index is 6.52. The zero-order valence-electron chi connectivity index (χ0n) is 20.8. The predicted octanol–water partition coefficient (Wildman–Crippen LogP) is 6.46. The average Bonchev–Trinajstić information content (AvgIpc) is 3.18. The predicted molar refractivity (Wildman–Crippen MR) is 145 cm³/mol. The van der Waals surface area contributed by atoms with E-state index in [0.717, 1.165) is 60.1 Å². The molecule has 0 atom stereocenters. The van der Waals surface area contributed by atoms with Crippen molar-refractivity contribution in [3.63, 3.8) is 0 Å². The van der Waals surface area contributed by atoms with Crippen LogP contribution in [0.2, 0.25) is 5.02 Å². The average molecular weight is 495 g/mol. The Labute approximate surface area is 213 Å². The number of nitrogens with two attached hydrogens (primary N) is 1. The van der Waals surface area contributed by atoms with Gasteiger partial charge in [0.2, 0.25) is 5.95 Å². The zero-order valence-corrected chi connectivity index (χ0v) is 21.6. The zero-order chi connectivity index (χ0) is 25.2. The number of halogens is 1. The SMILES string of the molecule is C=C(CCCN)N=Cc1nc(Nc2ccc(OCc3ccccn3)c(Cl)c2)n(C(C)C)c1CCC. The highest BCUT2D eigenvalue weighted by Crippen LogP contribution is 2.31. The van der Waals surface area contributed by atoms with Crippen LogP contribution >= 0.6 is 11.6 Å². The van der Waals surface area contributed by atoms with Crippen LogP contribution in [0.4, 0.5) is 11.6 Å². The van der Waals surface area contributed by atoms with Gasteiger partial charge in [-0.15, -0.1) is 0 Å². The topological polar surface area (TPSA) is 90.3 Å². The van der Waals surface area contributed by atoms with Crippen molar-refractivity contribution < 1.29 is 4.74 Å². The molecule has 0 aliphatic carbocycles. The first-order valence-corrected chi connectivity index (χ1v) is 12.4. The van der Waals surface area contributed by atoms with Gasteiger partial charge >= 0.3 is 0 Å². The molecule has 186 valence electrons. The molecule has 0 amide bonds. The summed E-state index contributed by atoms with van der Waals surface area (Å²) in [5, 5.41) is 3.95. The molecular formula is C27H35ClN6O. The van der Waals surface area contributed by atoms with E-state index in [9.17, 15) is 0 Å². The van der Waals surface area contributed by atoms with E-state index < -0.39 is 0 Å². The van der Waals surface area contributed by atoms with Crippen LogP contribution in [-0.4, -0.2) is 27.3 Å². The van der Waals surface area contributed by atoms with E-state index in [-0.39, 0.29) is 6.04 Å². The molecule has 3 rings (SSSR count). The molecular weight excluding hydrogens is 460 g/mol. The second kappa shape index (κ2) is 13.1. The molecule has 1 aromatic carbocycles. The number of benzene rings is 1. The van der Waals surface area contributed by atoms with Crippen molar-refractivity contribution >= 4 is 29.5 Å². The number of anilines is 2. The summed E-state index contributed by atoms with van der Waals surface area (Å²) in [7, 11) is 0. The van der Waals surface area contributed by atoms with Crippen molar-refractivity contribution in [2.24, 2.45) is 10.7 Å². The maximum Gasteiger partial charge on any atom is 0.208 e. The first-order chi connectivity index (χ1) is 16.9. The Morgan fingerprint density at radius 3 is 2.80 bits per heavy atom. The summed E-state index contributed by atoms with van der Waals surface area (Å²) in [5.41, 5.74) is 10.1. The molecule has 3 N–H and O–H groups in total. The molecule has 0 saturated heterocycles. The quantitative estimate of drug-likeness (QED) is 0.266. The standard InChI is InChI=1S/C27H35ClN6O/c1-5-9-25-24(17-31-20(4)10-8-14-29)33-27(34(25)19(2)3)32-21-12-13-26(23(28)16-21)35-18-22-11-6-7-15-30-22/h6-7,11-13,15-17,19H,4-5,8-10,14,18,29H2,1-3H3,(H,32,33). The number of aromatic nitrogens is 3. The van der Waals surface area contributed by atoms with Crippen molar-refractivity contribution in [1.29, 1.82) is 0 Å². The summed E-state index contributed by atoms with van der Waals surface area (Å²) in [5.74, 6) is 1.35. The number of nitrogens with zero attached hydrogens (tertiary/aromatic N) is 4. The molecule has 2 heterocycles. The second-order valence-corrected chi connectivity index (χ2v) is 8.98. The van der Waals surface area contributed by atoms with Crippen molar-refractivity contribution in [3.05, 3.63) is 77.0 Å². The minimum Gasteiger partial charge on any atom is -0.486 e. The lowest BCUT2D eigenvalue weighted by molar-refractivity contribution is 0.301. The van der Waals surface area contributed by atoms with Crippen molar-refractivity contribution in [2.45, 2.75) is 59.1 Å². The van der Waals surface area contributed by atoms with Crippen molar-refractivity contribution in [3.8, 4) is 5.75 Å². The van der Waals surface area contributed by atoms with Gasteiger partial charge in [-0.05, 0) is 70.0 Å². The van der Waals surface area contributed by atoms with Crippen LogP contribution in [0.1, 0.15) is 63.2 Å². The number of aliphatic imine (C=N–C) groups is 1. The Kier molecular flexibility index (Phi) is 9.87. The van der Waals surface area contributed by atoms with Gasteiger partial charge in [0.15, 0.2) is 0 Å². The molecule has 0 unspecified atom stereocenters. The Bertz CT molecular complexity index is 1140. The molecule has 0 radical (unpaired) electrons. The summed E-state index contributed by atoms with van der Waals surface area (Å²) in [6, 6.07) is 11.6. The molecule has 7 nitrogen and oxygen atoms in total. The first kappa shape index (κ1) is 26.4. The molecule has 2 aromatic heterocycles. The molecule has 8 heteroatoms. The van der Waals surface area contributed by atoms with Gasteiger partial charge in [0.25, 0.3) is 0 Å². The smallest absolute Gasteiger partial charge is 0.208 e. The minimum absolute atomic E-state index is 0.214. The van der Waals surface area contributed by atoms with Gasteiger partial charge in [0.1, 0.15) is 18.1 Å². The van der Waals surface area contributed by atoms with E-state index in [0.29, 0.717) is 23.9 Å². The Hall–Kier alpha value is -3.16. The van der Waals surface area contributed by atoms with Crippen LogP contribution in [0.5, 0.6) is 5.75 Å². The summed E-state index contributed by atoms with van der Waals surface area (Å²) >= 11 is 6.52. The summed E-state index contributed by atoms with van der Waals surface area (Å²) in [6.45, 7) is 11.5. The fourth-order valence-corrected chi connectivity index (χ4v) is 3.94. The maximum absolute atomic E-state index is 6.52. The fourth-order valence-electron chi connectivity index (χ4n) is 3.70. The first-order valence-electron chi connectivity index (χ1n) is 12.0. The van der Waals surface area contributed by atoms with E-state index in [1.54, 1.807) is 6.20 Å².